The van der Waals surface area contributed by atoms with E-state index in [0.717, 1.165) is 31.9 Å². The Morgan fingerprint density at radius 3 is 2.82 bits per heavy atom. The van der Waals surface area contributed by atoms with Crippen LogP contribution in [0.1, 0.15) is 19.4 Å². The van der Waals surface area contributed by atoms with Crippen LogP contribution >= 0.6 is 0 Å². The Labute approximate surface area is 104 Å². The Bertz CT molecular complexity index is 376. The van der Waals surface area contributed by atoms with Gasteiger partial charge in [-0.2, -0.15) is 0 Å². The highest BCUT2D eigenvalue weighted by Gasteiger charge is 2.29. The predicted octanol–water partition coefficient (Wildman–Crippen LogP) is 1.88. The third kappa shape index (κ3) is 2.79. The second-order valence-electron chi connectivity index (χ2n) is 5.22. The second-order valence-corrected chi connectivity index (χ2v) is 5.22. The van der Waals surface area contributed by atoms with Crippen LogP contribution in [0.3, 0.4) is 0 Å². The number of benzene rings is 1. The molecule has 1 heterocycles. The van der Waals surface area contributed by atoms with Gasteiger partial charge in [-0.15, -0.1) is 0 Å². The van der Waals surface area contributed by atoms with Crippen molar-refractivity contribution in [2.75, 3.05) is 26.7 Å². The van der Waals surface area contributed by atoms with Crippen LogP contribution in [0.5, 0.6) is 5.75 Å². The number of nitrogens with one attached hydrogen (secondary N) is 1. The standard InChI is InChI=1S/C14H22N2O/c1-14(2)11-15-8-9-16(14)10-12-6-4-5-7-13(12)17-3/h4-7,15H,8-11H2,1-3H3. The van der Waals surface area contributed by atoms with Crippen molar-refractivity contribution in [1.82, 2.24) is 10.2 Å². The number of para-hydroxylation sites is 1. The Kier molecular flexibility index (Phi) is 3.69. The summed E-state index contributed by atoms with van der Waals surface area (Å²) in [6.45, 7) is 8.73. The van der Waals surface area contributed by atoms with Crippen LogP contribution in [-0.2, 0) is 6.54 Å². The first-order valence-electron chi connectivity index (χ1n) is 6.21. The van der Waals surface area contributed by atoms with Gasteiger partial charge in [0.2, 0.25) is 0 Å². The molecule has 0 atom stereocenters. The van der Waals surface area contributed by atoms with Gasteiger partial charge in [-0.1, -0.05) is 18.2 Å². The molecule has 0 amide bonds. The van der Waals surface area contributed by atoms with Crippen molar-refractivity contribution in [3.8, 4) is 5.75 Å². The van der Waals surface area contributed by atoms with E-state index < -0.39 is 0 Å². The molecule has 1 saturated heterocycles. The zero-order valence-electron chi connectivity index (χ0n) is 11.0. The maximum absolute atomic E-state index is 5.41. The number of nitrogens with zero attached hydrogens (tertiary/aromatic N) is 1. The molecular formula is C14H22N2O. The number of ether oxygens (including phenoxy) is 1. The van der Waals surface area contributed by atoms with Crippen LogP contribution in [-0.4, -0.2) is 37.2 Å². The molecule has 1 aromatic carbocycles. The summed E-state index contributed by atoms with van der Waals surface area (Å²) in [5.74, 6) is 0.988. The summed E-state index contributed by atoms with van der Waals surface area (Å²) in [4.78, 5) is 2.52. The molecule has 3 nitrogen and oxygen atoms in total. The fraction of sp³-hybridized carbons (Fsp3) is 0.571. The predicted molar refractivity (Wildman–Crippen MR) is 70.4 cm³/mol. The van der Waals surface area contributed by atoms with Crippen LogP contribution in [0.25, 0.3) is 0 Å². The summed E-state index contributed by atoms with van der Waals surface area (Å²) >= 11 is 0. The molecular weight excluding hydrogens is 212 g/mol. The summed E-state index contributed by atoms with van der Waals surface area (Å²) in [6.07, 6.45) is 0. The number of hydrogen-bond acceptors (Lipinski definition) is 3. The molecule has 1 aromatic rings. The summed E-state index contributed by atoms with van der Waals surface area (Å²) in [6, 6.07) is 8.28. The van der Waals surface area contributed by atoms with Crippen LogP contribution in [0.2, 0.25) is 0 Å². The van der Waals surface area contributed by atoms with Crippen LogP contribution in [0.15, 0.2) is 24.3 Å². The minimum Gasteiger partial charge on any atom is -0.496 e. The lowest BCUT2D eigenvalue weighted by atomic mass is 9.99. The van der Waals surface area contributed by atoms with E-state index in [9.17, 15) is 0 Å². The van der Waals surface area contributed by atoms with E-state index in [-0.39, 0.29) is 5.54 Å². The Hall–Kier alpha value is -1.06. The van der Waals surface area contributed by atoms with E-state index in [4.69, 9.17) is 4.74 Å². The molecule has 17 heavy (non-hydrogen) atoms. The Balaban J connectivity index is 2.14. The quantitative estimate of drug-likeness (QED) is 0.864. The largest absolute Gasteiger partial charge is 0.496 e. The number of rotatable bonds is 3. The van der Waals surface area contributed by atoms with Gasteiger partial charge >= 0.3 is 0 Å². The minimum absolute atomic E-state index is 0.207. The lowest BCUT2D eigenvalue weighted by Gasteiger charge is -2.43. The zero-order chi connectivity index (χ0) is 12.3. The van der Waals surface area contributed by atoms with Gasteiger partial charge in [0.05, 0.1) is 7.11 Å². The molecule has 1 aliphatic rings. The van der Waals surface area contributed by atoms with Crippen LogP contribution in [0, 0.1) is 0 Å². The van der Waals surface area contributed by atoms with Crippen molar-refractivity contribution >= 4 is 0 Å². The van der Waals surface area contributed by atoms with Crippen molar-refractivity contribution in [2.45, 2.75) is 25.9 Å². The molecule has 0 saturated carbocycles. The molecule has 0 radical (unpaired) electrons. The first-order chi connectivity index (χ1) is 8.13. The van der Waals surface area contributed by atoms with Crippen molar-refractivity contribution < 1.29 is 4.74 Å². The molecule has 94 valence electrons. The highest BCUT2D eigenvalue weighted by atomic mass is 16.5. The van der Waals surface area contributed by atoms with Gasteiger partial charge in [0, 0.05) is 37.3 Å². The number of hydrogen-bond donors (Lipinski definition) is 1. The van der Waals surface area contributed by atoms with E-state index >= 15 is 0 Å². The van der Waals surface area contributed by atoms with Crippen molar-refractivity contribution in [2.24, 2.45) is 0 Å². The summed E-state index contributed by atoms with van der Waals surface area (Å²) in [5.41, 5.74) is 1.48. The summed E-state index contributed by atoms with van der Waals surface area (Å²) < 4.78 is 5.41. The SMILES string of the molecule is COc1ccccc1CN1CCNCC1(C)C. The van der Waals surface area contributed by atoms with E-state index in [1.54, 1.807) is 7.11 Å². The highest BCUT2D eigenvalue weighted by Crippen LogP contribution is 2.24. The van der Waals surface area contributed by atoms with E-state index in [1.165, 1.54) is 5.56 Å². The third-order valence-corrected chi connectivity index (χ3v) is 3.53. The van der Waals surface area contributed by atoms with Gasteiger partial charge in [-0.25, -0.2) is 0 Å². The van der Waals surface area contributed by atoms with E-state index in [0.29, 0.717) is 0 Å². The monoisotopic (exact) mass is 234 g/mol. The molecule has 0 aliphatic carbocycles. The molecule has 0 aromatic heterocycles. The van der Waals surface area contributed by atoms with Crippen molar-refractivity contribution in [1.29, 1.82) is 0 Å². The van der Waals surface area contributed by atoms with Gasteiger partial charge in [-0.3, -0.25) is 4.90 Å². The van der Waals surface area contributed by atoms with Gasteiger partial charge in [-0.05, 0) is 19.9 Å². The third-order valence-electron chi connectivity index (χ3n) is 3.53. The lowest BCUT2D eigenvalue weighted by Crippen LogP contribution is -2.57. The lowest BCUT2D eigenvalue weighted by molar-refractivity contribution is 0.0819. The fourth-order valence-corrected chi connectivity index (χ4v) is 2.36. The second kappa shape index (κ2) is 5.07. The first-order valence-corrected chi connectivity index (χ1v) is 6.21. The van der Waals surface area contributed by atoms with E-state index in [1.807, 2.05) is 12.1 Å². The van der Waals surface area contributed by atoms with Crippen LogP contribution in [0.4, 0.5) is 0 Å². The smallest absolute Gasteiger partial charge is 0.123 e. The Morgan fingerprint density at radius 1 is 1.35 bits per heavy atom. The number of methoxy groups -OCH3 is 1. The molecule has 0 bridgehead atoms. The summed E-state index contributed by atoms with van der Waals surface area (Å²) in [7, 11) is 1.74. The zero-order valence-corrected chi connectivity index (χ0v) is 11.0. The normalized spacial score (nSPS) is 20.2. The molecule has 1 N–H and O–H groups in total. The Morgan fingerprint density at radius 2 is 2.12 bits per heavy atom. The molecule has 0 unspecified atom stereocenters. The average molecular weight is 234 g/mol. The first kappa shape index (κ1) is 12.4. The molecule has 1 fully saturated rings. The highest BCUT2D eigenvalue weighted by molar-refractivity contribution is 5.33. The maximum Gasteiger partial charge on any atom is 0.123 e. The van der Waals surface area contributed by atoms with Gasteiger partial charge < -0.3 is 10.1 Å². The molecule has 1 aliphatic heterocycles. The number of piperazine rings is 1. The van der Waals surface area contributed by atoms with Crippen LogP contribution < -0.4 is 10.1 Å². The maximum atomic E-state index is 5.41. The van der Waals surface area contributed by atoms with Gasteiger partial charge in [0.15, 0.2) is 0 Å². The minimum atomic E-state index is 0.207. The van der Waals surface area contributed by atoms with Gasteiger partial charge in [0.1, 0.15) is 5.75 Å². The molecule has 3 heteroatoms. The average Bonchev–Trinajstić information content (AvgIpc) is 2.32. The van der Waals surface area contributed by atoms with Crippen molar-refractivity contribution in [3.63, 3.8) is 0 Å². The molecule has 2 rings (SSSR count). The van der Waals surface area contributed by atoms with Gasteiger partial charge in [0.25, 0.3) is 0 Å². The topological polar surface area (TPSA) is 24.5 Å². The van der Waals surface area contributed by atoms with Crippen molar-refractivity contribution in [3.05, 3.63) is 29.8 Å². The fourth-order valence-electron chi connectivity index (χ4n) is 2.36. The van der Waals surface area contributed by atoms with E-state index in [2.05, 4.69) is 36.2 Å². The summed E-state index contributed by atoms with van der Waals surface area (Å²) in [5, 5.41) is 3.45. The molecule has 0 spiro atoms.